The fraction of sp³-hybridized carbons (Fsp3) is 0.444. The first-order valence-electron chi connectivity index (χ1n) is 3.95. The van der Waals surface area contributed by atoms with Crippen LogP contribution in [0.2, 0.25) is 0 Å². The van der Waals surface area contributed by atoms with E-state index in [-0.39, 0.29) is 12.4 Å². The molecule has 0 aliphatic carbocycles. The Hall–Kier alpha value is -1.12. The molecule has 1 heterocycles. The van der Waals surface area contributed by atoms with Crippen molar-refractivity contribution in [2.45, 2.75) is 26.3 Å². The topological polar surface area (TPSA) is 17.8 Å². The molecule has 0 radical (unpaired) electrons. The minimum absolute atomic E-state index is 0.159. The number of hydrogen-bond donors (Lipinski definition) is 0. The highest BCUT2D eigenvalue weighted by atomic mass is 19.1. The molecule has 0 atom stereocenters. The molecule has 0 aliphatic heterocycles. The lowest BCUT2D eigenvalue weighted by Gasteiger charge is -1.98. The highest BCUT2D eigenvalue weighted by Crippen LogP contribution is 2.12. The minimum atomic E-state index is -0.367. The van der Waals surface area contributed by atoms with E-state index in [1.54, 1.807) is 10.9 Å². The van der Waals surface area contributed by atoms with E-state index in [0.717, 1.165) is 5.56 Å². The van der Waals surface area contributed by atoms with Crippen LogP contribution in [0.1, 0.15) is 25.3 Å². The third-order valence-electron chi connectivity index (χ3n) is 1.65. The Morgan fingerprint density at radius 2 is 2.42 bits per heavy atom. The van der Waals surface area contributed by atoms with E-state index in [2.05, 4.69) is 25.5 Å². The molecule has 0 aromatic carbocycles. The molecule has 1 rings (SSSR count). The second kappa shape index (κ2) is 3.52. The van der Waals surface area contributed by atoms with E-state index in [1.807, 2.05) is 6.20 Å². The van der Waals surface area contributed by atoms with Gasteiger partial charge in [0.05, 0.1) is 12.7 Å². The molecular weight excluding hydrogens is 155 g/mol. The quantitative estimate of drug-likeness (QED) is 0.678. The highest BCUT2D eigenvalue weighted by molar-refractivity contribution is 5.09. The summed E-state index contributed by atoms with van der Waals surface area (Å²) in [7, 11) is 0. The fourth-order valence-corrected chi connectivity index (χ4v) is 0.940. The van der Waals surface area contributed by atoms with Gasteiger partial charge < -0.3 is 0 Å². The van der Waals surface area contributed by atoms with Crippen LogP contribution in [-0.4, -0.2) is 9.78 Å². The van der Waals surface area contributed by atoms with Crippen molar-refractivity contribution >= 4 is 0 Å². The number of hydrogen-bond acceptors (Lipinski definition) is 1. The van der Waals surface area contributed by atoms with Gasteiger partial charge in [-0.05, 0) is 11.5 Å². The first-order chi connectivity index (χ1) is 5.59. The molecule has 0 spiro atoms. The largest absolute Gasteiger partial charge is 0.266 e. The lowest BCUT2D eigenvalue weighted by molar-refractivity contribution is 0.531. The smallest absolute Gasteiger partial charge is 0.114 e. The van der Waals surface area contributed by atoms with E-state index in [1.165, 1.54) is 0 Å². The van der Waals surface area contributed by atoms with Crippen LogP contribution in [0.3, 0.4) is 0 Å². The standard InChI is InChI=1S/C9H13FN2/c1-7(2)9-4-11-12(6-9)5-8(3)10/h4,6-7H,3,5H2,1-2H3. The first kappa shape index (κ1) is 8.97. The number of aromatic nitrogens is 2. The van der Waals surface area contributed by atoms with E-state index in [4.69, 9.17) is 0 Å². The molecule has 0 saturated carbocycles. The third-order valence-corrected chi connectivity index (χ3v) is 1.65. The fourth-order valence-electron chi connectivity index (χ4n) is 0.940. The van der Waals surface area contributed by atoms with Gasteiger partial charge in [-0.1, -0.05) is 20.4 Å². The van der Waals surface area contributed by atoms with Gasteiger partial charge in [0.25, 0.3) is 0 Å². The van der Waals surface area contributed by atoms with Crippen LogP contribution in [-0.2, 0) is 6.54 Å². The Balaban J connectivity index is 2.70. The molecule has 0 aliphatic rings. The molecule has 12 heavy (non-hydrogen) atoms. The van der Waals surface area contributed by atoms with Crippen LogP contribution in [0.25, 0.3) is 0 Å². The van der Waals surface area contributed by atoms with E-state index < -0.39 is 0 Å². The number of halogens is 1. The van der Waals surface area contributed by atoms with E-state index >= 15 is 0 Å². The van der Waals surface area contributed by atoms with Gasteiger partial charge in [0.15, 0.2) is 0 Å². The van der Waals surface area contributed by atoms with Crippen molar-refractivity contribution in [1.82, 2.24) is 9.78 Å². The van der Waals surface area contributed by atoms with Gasteiger partial charge in [0.2, 0.25) is 0 Å². The van der Waals surface area contributed by atoms with Crippen LogP contribution in [0.15, 0.2) is 24.8 Å². The van der Waals surface area contributed by atoms with Crippen LogP contribution < -0.4 is 0 Å². The molecule has 2 nitrogen and oxygen atoms in total. The summed E-state index contributed by atoms with van der Waals surface area (Å²) in [6, 6.07) is 0. The summed E-state index contributed by atoms with van der Waals surface area (Å²) in [5, 5.41) is 3.99. The number of nitrogens with zero attached hydrogens (tertiary/aromatic N) is 2. The molecular formula is C9H13FN2. The van der Waals surface area contributed by atoms with Gasteiger partial charge in [0.1, 0.15) is 5.83 Å². The first-order valence-corrected chi connectivity index (χ1v) is 3.95. The summed E-state index contributed by atoms with van der Waals surface area (Å²) in [4.78, 5) is 0. The Labute approximate surface area is 71.7 Å². The van der Waals surface area contributed by atoms with Crippen molar-refractivity contribution in [3.8, 4) is 0 Å². The second-order valence-corrected chi connectivity index (χ2v) is 3.14. The third kappa shape index (κ3) is 2.19. The second-order valence-electron chi connectivity index (χ2n) is 3.14. The summed E-state index contributed by atoms with van der Waals surface area (Å²) in [6.45, 7) is 7.49. The number of rotatable bonds is 3. The van der Waals surface area contributed by atoms with E-state index in [0.29, 0.717) is 5.92 Å². The zero-order valence-corrected chi connectivity index (χ0v) is 7.42. The molecule has 0 fully saturated rings. The number of allylic oxidation sites excluding steroid dienone is 1. The summed E-state index contributed by atoms with van der Waals surface area (Å²) >= 11 is 0. The molecule has 66 valence electrons. The lowest BCUT2D eigenvalue weighted by atomic mass is 10.1. The van der Waals surface area contributed by atoms with E-state index in [9.17, 15) is 4.39 Å². The molecule has 1 aromatic heterocycles. The van der Waals surface area contributed by atoms with Crippen LogP contribution in [0.5, 0.6) is 0 Å². The Morgan fingerprint density at radius 3 is 2.83 bits per heavy atom. The van der Waals surface area contributed by atoms with Gasteiger partial charge in [0, 0.05) is 6.20 Å². The monoisotopic (exact) mass is 168 g/mol. The van der Waals surface area contributed by atoms with Gasteiger partial charge in [-0.2, -0.15) is 5.10 Å². The molecule has 0 N–H and O–H groups in total. The van der Waals surface area contributed by atoms with Crippen molar-refractivity contribution in [1.29, 1.82) is 0 Å². The lowest BCUT2D eigenvalue weighted by Crippen LogP contribution is -1.97. The molecule has 0 saturated heterocycles. The van der Waals surface area contributed by atoms with Gasteiger partial charge >= 0.3 is 0 Å². The van der Waals surface area contributed by atoms with Gasteiger partial charge in [-0.3, -0.25) is 4.68 Å². The maximum atomic E-state index is 12.3. The maximum Gasteiger partial charge on any atom is 0.114 e. The average Bonchev–Trinajstić information content (AvgIpc) is 2.34. The maximum absolute atomic E-state index is 12.3. The summed E-state index contributed by atoms with van der Waals surface area (Å²) < 4.78 is 13.9. The predicted octanol–water partition coefficient (Wildman–Crippen LogP) is 2.49. The Bertz CT molecular complexity index is 276. The molecule has 1 aromatic rings. The Kier molecular flexibility index (Phi) is 2.63. The van der Waals surface area contributed by atoms with Crippen molar-refractivity contribution in [2.75, 3.05) is 0 Å². The van der Waals surface area contributed by atoms with Crippen molar-refractivity contribution < 1.29 is 4.39 Å². The minimum Gasteiger partial charge on any atom is -0.266 e. The molecule has 3 heteroatoms. The van der Waals surface area contributed by atoms with Crippen LogP contribution in [0, 0.1) is 0 Å². The summed E-state index contributed by atoms with van der Waals surface area (Å²) in [5.41, 5.74) is 1.12. The van der Waals surface area contributed by atoms with Crippen molar-refractivity contribution in [3.63, 3.8) is 0 Å². The Morgan fingerprint density at radius 1 is 1.75 bits per heavy atom. The van der Waals surface area contributed by atoms with Crippen molar-refractivity contribution in [3.05, 3.63) is 30.4 Å². The SMILES string of the molecule is C=C(F)Cn1cc(C(C)C)cn1. The predicted molar refractivity (Wildman–Crippen MR) is 46.6 cm³/mol. The van der Waals surface area contributed by atoms with Gasteiger partial charge in [-0.25, -0.2) is 4.39 Å². The average molecular weight is 168 g/mol. The summed E-state index contributed by atoms with van der Waals surface area (Å²) in [6.07, 6.45) is 3.60. The van der Waals surface area contributed by atoms with Gasteiger partial charge in [-0.15, -0.1) is 0 Å². The summed E-state index contributed by atoms with van der Waals surface area (Å²) in [5.74, 6) is 0.0695. The van der Waals surface area contributed by atoms with Crippen LogP contribution >= 0.6 is 0 Å². The molecule has 0 unspecified atom stereocenters. The zero-order chi connectivity index (χ0) is 9.14. The highest BCUT2D eigenvalue weighted by Gasteiger charge is 2.02. The van der Waals surface area contributed by atoms with Crippen molar-refractivity contribution in [2.24, 2.45) is 0 Å². The molecule has 0 bridgehead atoms. The molecule has 0 amide bonds. The zero-order valence-electron chi connectivity index (χ0n) is 7.42. The van der Waals surface area contributed by atoms with Crippen LogP contribution in [0.4, 0.5) is 4.39 Å². The normalized spacial score (nSPS) is 10.7.